The minimum Gasteiger partial charge on any atom is -0.394 e. The molecule has 0 radical (unpaired) electrons. The molecule has 3 amide bonds. The predicted molar refractivity (Wildman–Crippen MR) is 268 cm³/mol. The monoisotopic (exact) mass is 1290 g/mol. The van der Waals surface area contributed by atoms with Gasteiger partial charge in [-0.05, 0) is 0 Å². The highest BCUT2D eigenvalue weighted by molar-refractivity contribution is 5.74. The second-order valence-corrected chi connectivity index (χ2v) is 21.9. The highest BCUT2D eigenvalue weighted by Gasteiger charge is 2.59. The normalized spacial score (nSPS) is 48.5. The quantitative estimate of drug-likeness (QED) is 0.0334. The summed E-state index contributed by atoms with van der Waals surface area (Å²) in [6.45, 7) is -3.95. The highest BCUT2D eigenvalue weighted by Crippen LogP contribution is 2.38. The van der Waals surface area contributed by atoms with Gasteiger partial charge in [0.05, 0.1) is 39.6 Å². The summed E-state index contributed by atoms with van der Waals surface area (Å²) in [5.41, 5.74) is 0. The van der Waals surface area contributed by atoms with Crippen LogP contribution in [-0.4, -0.2) is 381 Å². The third-order valence-corrected chi connectivity index (χ3v) is 15.8. The summed E-state index contributed by atoms with van der Waals surface area (Å²) in [5, 5.41) is 224. The van der Waals surface area contributed by atoms with Gasteiger partial charge in [-0.25, -0.2) is 4.89 Å². The number of carbonyl (C=O) groups excluding carboxylic acids is 3. The van der Waals surface area contributed by atoms with Crippen molar-refractivity contribution in [1.82, 2.24) is 16.0 Å². The Hall–Kier alpha value is -2.95. The van der Waals surface area contributed by atoms with Crippen LogP contribution in [0.2, 0.25) is 0 Å². The average Bonchev–Trinajstić information content (AvgIpc) is 1.52. The third-order valence-electron chi connectivity index (χ3n) is 15.8. The molecule has 0 saturated carbocycles. The van der Waals surface area contributed by atoms with Crippen molar-refractivity contribution in [2.24, 2.45) is 0 Å². The first kappa shape index (κ1) is 72.5. The van der Waals surface area contributed by atoms with Crippen LogP contribution in [0.1, 0.15) is 20.8 Å². The van der Waals surface area contributed by atoms with Gasteiger partial charge in [-0.2, -0.15) is 0 Å². The van der Waals surface area contributed by atoms with E-state index < -0.39 is 279 Å². The Morgan fingerprint density at radius 2 is 0.670 bits per heavy atom. The fourth-order valence-electron chi connectivity index (χ4n) is 11.2. The van der Waals surface area contributed by atoms with Crippen molar-refractivity contribution in [2.45, 2.75) is 236 Å². The zero-order valence-electron chi connectivity index (χ0n) is 47.0. The fourth-order valence-corrected chi connectivity index (χ4v) is 11.2. The van der Waals surface area contributed by atoms with Gasteiger partial charge in [-0.15, -0.1) is 0 Å². The third kappa shape index (κ3) is 16.0. The maximum atomic E-state index is 12.8. The van der Waals surface area contributed by atoms with Gasteiger partial charge in [-0.3, -0.25) is 19.6 Å². The van der Waals surface area contributed by atoms with Crippen LogP contribution in [0.25, 0.3) is 0 Å². The lowest BCUT2D eigenvalue weighted by atomic mass is 9.93. The summed E-state index contributed by atoms with van der Waals surface area (Å²) in [4.78, 5) is 41.7. The molecule has 7 rings (SSSR count). The molecule has 0 unspecified atom stereocenters. The van der Waals surface area contributed by atoms with E-state index in [1.165, 1.54) is 0 Å². The topological polar surface area (TPSA) is 621 Å². The van der Waals surface area contributed by atoms with Gasteiger partial charge in [0.1, 0.15) is 177 Å². The Kier molecular flexibility index (Phi) is 26.2. The van der Waals surface area contributed by atoms with Crippen LogP contribution in [0.15, 0.2) is 0 Å². The number of hydrogen-bond acceptors (Lipinski definition) is 37. The van der Waals surface area contributed by atoms with Crippen LogP contribution in [0.4, 0.5) is 0 Å². The smallest absolute Gasteiger partial charge is 0.217 e. The molecule has 7 fully saturated rings. The molecular weight excluding hydrogens is 1210 g/mol. The SMILES string of the molecule is CC(=O)N[C@@H]1[C@@H](O)[C@H](O[C@@H]2O[C@H](CO)[C@@H](O[C@@H]3O[C@H](CO[C@H]4O[C@H](CO)[C@@H](O)[C@H](O)[C@@H]4O)[C@@H](O)[C@H](O[C@H]4O[C@H](CO)[C@@H](O)[C@H](O)[C@@H]4O[C@@H]4O[C@H](CO)[C@@H](O[C@@H]5O[C@H](CO)[C@H](O)[C@H](O)[C@H]5O)[C@H](O)[C@H]4NC(C)=O)[C@@H]3O)[C@H](O)[C@H]2NC(C)=O)[C@@H](COO)O[C@H]1O. The minimum absolute atomic E-state index is 0.757. The first-order valence-electron chi connectivity index (χ1n) is 27.8. The van der Waals surface area contributed by atoms with Gasteiger partial charge in [0.15, 0.2) is 44.0 Å². The molecule has 40 nitrogen and oxygen atoms in total. The van der Waals surface area contributed by atoms with Crippen molar-refractivity contribution in [3.8, 4) is 0 Å². The van der Waals surface area contributed by atoms with Gasteiger partial charge in [0, 0.05) is 20.8 Å². The van der Waals surface area contributed by atoms with Crippen LogP contribution in [0.5, 0.6) is 0 Å². The molecule has 510 valence electrons. The number of ether oxygens (including phenoxy) is 13. The van der Waals surface area contributed by atoms with Crippen LogP contribution < -0.4 is 16.0 Å². The van der Waals surface area contributed by atoms with Gasteiger partial charge in [0.2, 0.25) is 17.7 Å². The molecule has 0 aromatic heterocycles. The van der Waals surface area contributed by atoms with Crippen LogP contribution in [0.3, 0.4) is 0 Å². The number of hydrogen-bond donors (Lipinski definition) is 23. The van der Waals surface area contributed by atoms with Crippen molar-refractivity contribution in [3.05, 3.63) is 0 Å². The van der Waals surface area contributed by atoms with Crippen molar-refractivity contribution in [3.63, 3.8) is 0 Å². The van der Waals surface area contributed by atoms with E-state index in [-0.39, 0.29) is 0 Å². The van der Waals surface area contributed by atoms with E-state index in [1.54, 1.807) is 0 Å². The molecule has 0 aromatic rings. The Bertz CT molecular complexity index is 2200. The lowest BCUT2D eigenvalue weighted by molar-refractivity contribution is -0.397. The van der Waals surface area contributed by atoms with E-state index in [1.807, 2.05) is 0 Å². The largest absolute Gasteiger partial charge is 0.394 e. The predicted octanol–water partition coefficient (Wildman–Crippen LogP) is -15.3. The summed E-state index contributed by atoms with van der Waals surface area (Å²) >= 11 is 0. The van der Waals surface area contributed by atoms with E-state index in [0.29, 0.717) is 0 Å². The summed E-state index contributed by atoms with van der Waals surface area (Å²) in [6.07, 6.45) is -63.7. The number of nitrogens with one attached hydrogen (secondary N) is 3. The molecule has 0 aliphatic carbocycles. The van der Waals surface area contributed by atoms with Crippen molar-refractivity contribution in [2.75, 3.05) is 46.2 Å². The minimum atomic E-state index is -2.43. The van der Waals surface area contributed by atoms with Gasteiger partial charge in [0.25, 0.3) is 0 Å². The molecule has 23 N–H and O–H groups in total. The lowest BCUT2D eigenvalue weighted by Gasteiger charge is -2.51. The van der Waals surface area contributed by atoms with E-state index >= 15 is 0 Å². The maximum absolute atomic E-state index is 12.8. The molecule has 7 aliphatic heterocycles. The summed E-state index contributed by atoms with van der Waals surface area (Å²) < 4.78 is 75.7. The van der Waals surface area contributed by atoms with Crippen LogP contribution >= 0.6 is 0 Å². The number of aliphatic hydroxyl groups excluding tert-OH is 19. The van der Waals surface area contributed by atoms with Gasteiger partial charge >= 0.3 is 0 Å². The Morgan fingerprint density at radius 1 is 0.318 bits per heavy atom. The second kappa shape index (κ2) is 31.8. The van der Waals surface area contributed by atoms with E-state index in [4.69, 9.17) is 61.6 Å². The van der Waals surface area contributed by atoms with Crippen LogP contribution in [0, 0.1) is 0 Å². The molecule has 7 aliphatic rings. The molecular formula is C48H81N3O37. The van der Waals surface area contributed by atoms with Gasteiger partial charge < -0.3 is 175 Å². The lowest BCUT2D eigenvalue weighted by Crippen LogP contribution is -2.71. The molecule has 0 aromatic carbocycles. The number of aliphatic hydroxyl groups is 19. The number of amides is 3. The number of rotatable bonds is 23. The molecule has 7 saturated heterocycles. The molecule has 0 bridgehead atoms. The van der Waals surface area contributed by atoms with E-state index in [2.05, 4.69) is 20.8 Å². The molecule has 35 atom stereocenters. The Balaban J connectivity index is 1.20. The fraction of sp³-hybridized carbons (Fsp3) is 0.938. The highest BCUT2D eigenvalue weighted by atomic mass is 17.1. The zero-order chi connectivity index (χ0) is 64.9. The molecule has 40 heteroatoms. The standard InChI is InChI=1S/C48H81N3O37/c1-11(57)49-21-28(64)39(20(10-76-74)77-42(21)73)84-43-22(50-12(2)58)29(65)38(18(8-56)81-43)86-47-36(72)40(27(63)19(83-47)9-75-45-34(70)31(67)24(60)14(4-52)78-45)87-48-41(33(69)26(62)16(6-54)80-48)88-44-23(51-13(3)59)30(66)37(17(7-55)82-44)85-46-35(71)32(68)25(61)15(5-53)79-46/h14-48,52-56,60-74H,4-10H2,1-3H3,(H,49,57)(H,50,58)(H,51,59)/t14-,15-,16-,17-,18-,19-,20-,21-,22-,23-,24-,25+,26-,27-,28-,29-,30-,31+,32+,33+,34+,35-,36+,37-,38-,39-,40+,41+,42-,43+,44+,45+,46+,47+,48-/m1/s1. The van der Waals surface area contributed by atoms with Crippen molar-refractivity contribution < 1.29 is 183 Å². The average molecular weight is 1290 g/mol. The van der Waals surface area contributed by atoms with Crippen molar-refractivity contribution in [1.29, 1.82) is 0 Å². The molecule has 88 heavy (non-hydrogen) atoms. The van der Waals surface area contributed by atoms with Crippen LogP contribution in [-0.2, 0) is 80.9 Å². The first-order chi connectivity index (χ1) is 41.6. The number of carbonyl (C=O) groups is 3. The maximum Gasteiger partial charge on any atom is 0.217 e. The van der Waals surface area contributed by atoms with E-state index in [0.717, 1.165) is 20.8 Å². The summed E-state index contributed by atoms with van der Waals surface area (Å²) in [7, 11) is 0. The Labute approximate surface area is 497 Å². The molecule has 7 heterocycles. The summed E-state index contributed by atoms with van der Waals surface area (Å²) in [6, 6.07) is -5.30. The Morgan fingerprint density at radius 3 is 1.14 bits per heavy atom. The van der Waals surface area contributed by atoms with E-state index in [9.17, 15) is 117 Å². The molecule has 0 spiro atoms. The summed E-state index contributed by atoms with van der Waals surface area (Å²) in [5.74, 6) is -2.54. The van der Waals surface area contributed by atoms with Gasteiger partial charge in [-0.1, -0.05) is 0 Å². The first-order valence-corrected chi connectivity index (χ1v) is 27.8. The van der Waals surface area contributed by atoms with Crippen molar-refractivity contribution >= 4 is 17.7 Å². The second-order valence-electron chi connectivity index (χ2n) is 21.9. The zero-order valence-corrected chi connectivity index (χ0v) is 47.0.